The summed E-state index contributed by atoms with van der Waals surface area (Å²) >= 11 is 1.25. The van der Waals surface area contributed by atoms with E-state index in [1.807, 2.05) is 13.0 Å². The third-order valence-corrected chi connectivity index (χ3v) is 1.62. The van der Waals surface area contributed by atoms with Gasteiger partial charge in [-0.1, -0.05) is 0 Å². The average molecular weight is 113 g/mol. The molecular formula is C5H5OS. The van der Waals surface area contributed by atoms with Gasteiger partial charge in [-0.25, -0.2) is 0 Å². The molecule has 0 aliphatic rings. The lowest BCUT2D eigenvalue weighted by molar-refractivity contribution is 0.365. The van der Waals surface area contributed by atoms with Gasteiger partial charge in [-0.3, -0.25) is 5.11 Å². The van der Waals surface area contributed by atoms with Crippen molar-refractivity contribution in [1.29, 1.82) is 0 Å². The molecule has 1 aromatic rings. The topological polar surface area (TPSA) is 19.9 Å². The fraction of sp³-hybridized carbons (Fsp3) is 0.200. The summed E-state index contributed by atoms with van der Waals surface area (Å²) in [4.78, 5) is 0. The number of hydrogen-bond donors (Lipinski definition) is 0. The summed E-state index contributed by atoms with van der Waals surface area (Å²) in [6, 6.07) is 1.83. The molecular weight excluding hydrogens is 108 g/mol. The number of aryl methyl sites for hydroxylation is 1. The van der Waals surface area contributed by atoms with Gasteiger partial charge in [0, 0.05) is 5.56 Å². The quantitative estimate of drug-likeness (QED) is 0.491. The normalized spacial score (nSPS) is 9.29. The molecule has 1 heterocycles. The monoisotopic (exact) mass is 113 g/mol. The van der Waals surface area contributed by atoms with Crippen molar-refractivity contribution in [2.75, 3.05) is 0 Å². The fourth-order valence-electron chi connectivity index (χ4n) is 0.359. The second-order valence-corrected chi connectivity index (χ2v) is 2.27. The molecule has 0 unspecified atom stereocenters. The standard InChI is InChI=1S/C5H5OS/c1-4-2-3-7-5(4)6/h2-3H,1H3. The SMILES string of the molecule is Cc1ccsc1[O]. The number of thiophene rings is 1. The molecule has 0 aromatic carbocycles. The minimum atomic E-state index is 0.181. The van der Waals surface area contributed by atoms with E-state index in [2.05, 4.69) is 0 Å². The van der Waals surface area contributed by atoms with Crippen molar-refractivity contribution >= 4 is 11.3 Å². The van der Waals surface area contributed by atoms with Crippen molar-refractivity contribution in [3.05, 3.63) is 17.0 Å². The molecule has 0 saturated carbocycles. The van der Waals surface area contributed by atoms with E-state index in [-0.39, 0.29) is 5.06 Å². The summed E-state index contributed by atoms with van der Waals surface area (Å²) < 4.78 is 0. The third kappa shape index (κ3) is 0.747. The Morgan fingerprint density at radius 3 is 2.57 bits per heavy atom. The van der Waals surface area contributed by atoms with Crippen molar-refractivity contribution in [2.24, 2.45) is 0 Å². The van der Waals surface area contributed by atoms with Gasteiger partial charge in [0.1, 0.15) is 0 Å². The van der Waals surface area contributed by atoms with Crippen LogP contribution in [-0.4, -0.2) is 0 Å². The maximum atomic E-state index is 10.4. The first kappa shape index (κ1) is 4.65. The van der Waals surface area contributed by atoms with Crippen LogP contribution in [0.4, 0.5) is 0 Å². The summed E-state index contributed by atoms with van der Waals surface area (Å²) in [7, 11) is 0. The molecule has 1 aromatic heterocycles. The van der Waals surface area contributed by atoms with Crippen LogP contribution in [0.15, 0.2) is 11.4 Å². The van der Waals surface area contributed by atoms with Crippen molar-refractivity contribution in [2.45, 2.75) is 6.92 Å². The van der Waals surface area contributed by atoms with Crippen LogP contribution in [0.1, 0.15) is 5.56 Å². The van der Waals surface area contributed by atoms with Crippen LogP contribution in [0.5, 0.6) is 5.06 Å². The molecule has 2 heteroatoms. The highest BCUT2D eigenvalue weighted by Crippen LogP contribution is 2.22. The zero-order valence-electron chi connectivity index (χ0n) is 3.97. The van der Waals surface area contributed by atoms with E-state index in [1.165, 1.54) is 11.3 Å². The predicted molar refractivity (Wildman–Crippen MR) is 29.2 cm³/mol. The second-order valence-electron chi connectivity index (χ2n) is 1.39. The van der Waals surface area contributed by atoms with E-state index in [0.29, 0.717) is 0 Å². The number of rotatable bonds is 0. The molecule has 37 valence electrons. The van der Waals surface area contributed by atoms with Crippen LogP contribution in [0, 0.1) is 6.92 Å². The fourth-order valence-corrected chi connectivity index (χ4v) is 1.01. The molecule has 0 aliphatic carbocycles. The molecule has 0 atom stereocenters. The van der Waals surface area contributed by atoms with Crippen LogP contribution >= 0.6 is 11.3 Å². The van der Waals surface area contributed by atoms with E-state index in [9.17, 15) is 5.11 Å². The van der Waals surface area contributed by atoms with Gasteiger partial charge in [0.15, 0.2) is 0 Å². The van der Waals surface area contributed by atoms with Gasteiger partial charge in [-0.2, -0.15) is 0 Å². The van der Waals surface area contributed by atoms with Gasteiger partial charge in [0.2, 0.25) is 5.06 Å². The summed E-state index contributed by atoms with van der Waals surface area (Å²) in [6.07, 6.45) is 0. The van der Waals surface area contributed by atoms with Gasteiger partial charge >= 0.3 is 0 Å². The Morgan fingerprint density at radius 1 is 1.71 bits per heavy atom. The minimum Gasteiger partial charge on any atom is -0.278 e. The lowest BCUT2D eigenvalue weighted by Gasteiger charge is -1.73. The maximum Gasteiger partial charge on any atom is 0.235 e. The van der Waals surface area contributed by atoms with Gasteiger partial charge in [-0.05, 0) is 18.4 Å². The molecule has 1 rings (SSSR count). The molecule has 7 heavy (non-hydrogen) atoms. The zero-order valence-corrected chi connectivity index (χ0v) is 4.79. The molecule has 0 aliphatic heterocycles. The Labute approximate surface area is 46.2 Å². The predicted octanol–water partition coefficient (Wildman–Crippen LogP) is 2.20. The van der Waals surface area contributed by atoms with Crippen LogP contribution in [0.3, 0.4) is 0 Å². The minimum absolute atomic E-state index is 0.181. The Balaban J connectivity index is 3.12. The van der Waals surface area contributed by atoms with E-state index in [1.54, 1.807) is 5.38 Å². The molecule has 0 fully saturated rings. The average Bonchev–Trinajstić information content (AvgIpc) is 1.91. The van der Waals surface area contributed by atoms with E-state index in [4.69, 9.17) is 0 Å². The maximum absolute atomic E-state index is 10.4. The summed E-state index contributed by atoms with van der Waals surface area (Å²) in [5.74, 6) is 0. The first-order valence-corrected chi connectivity index (χ1v) is 2.90. The van der Waals surface area contributed by atoms with Gasteiger partial charge in [0.25, 0.3) is 0 Å². The van der Waals surface area contributed by atoms with Crippen molar-refractivity contribution in [1.82, 2.24) is 0 Å². The van der Waals surface area contributed by atoms with Crippen LogP contribution in [0.25, 0.3) is 0 Å². The zero-order chi connectivity index (χ0) is 5.28. The summed E-state index contributed by atoms with van der Waals surface area (Å²) in [5, 5.41) is 12.4. The largest absolute Gasteiger partial charge is 0.278 e. The van der Waals surface area contributed by atoms with E-state index < -0.39 is 0 Å². The van der Waals surface area contributed by atoms with Crippen molar-refractivity contribution in [3.8, 4) is 5.06 Å². The third-order valence-electron chi connectivity index (χ3n) is 0.815. The Bertz CT molecular complexity index is 140. The van der Waals surface area contributed by atoms with Gasteiger partial charge in [-0.15, -0.1) is 11.3 Å². The van der Waals surface area contributed by atoms with E-state index >= 15 is 0 Å². The van der Waals surface area contributed by atoms with E-state index in [0.717, 1.165) is 5.56 Å². The second kappa shape index (κ2) is 1.54. The Kier molecular flexibility index (Phi) is 1.02. The lowest BCUT2D eigenvalue weighted by Crippen LogP contribution is -1.53. The first-order chi connectivity index (χ1) is 3.30. The lowest BCUT2D eigenvalue weighted by atomic mass is 10.4. The van der Waals surface area contributed by atoms with Crippen molar-refractivity contribution < 1.29 is 5.11 Å². The highest BCUT2D eigenvalue weighted by atomic mass is 32.1. The van der Waals surface area contributed by atoms with Crippen LogP contribution in [0.2, 0.25) is 0 Å². The molecule has 0 amide bonds. The Morgan fingerprint density at radius 2 is 2.43 bits per heavy atom. The molecule has 0 N–H and O–H groups in total. The molecule has 0 spiro atoms. The first-order valence-electron chi connectivity index (χ1n) is 2.02. The smallest absolute Gasteiger partial charge is 0.235 e. The molecule has 0 bridgehead atoms. The highest BCUT2D eigenvalue weighted by Gasteiger charge is 1.93. The summed E-state index contributed by atoms with van der Waals surface area (Å²) in [5.41, 5.74) is 0.852. The molecule has 0 saturated heterocycles. The number of hydrogen-bond acceptors (Lipinski definition) is 1. The highest BCUT2D eigenvalue weighted by molar-refractivity contribution is 7.11. The van der Waals surface area contributed by atoms with Gasteiger partial charge in [0.05, 0.1) is 0 Å². The van der Waals surface area contributed by atoms with Crippen LogP contribution < -0.4 is 0 Å². The van der Waals surface area contributed by atoms with Crippen molar-refractivity contribution in [3.63, 3.8) is 0 Å². The summed E-state index contributed by atoms with van der Waals surface area (Å²) in [6.45, 7) is 1.82. The van der Waals surface area contributed by atoms with Gasteiger partial charge < -0.3 is 0 Å². The molecule has 1 nitrogen and oxygen atoms in total. The Hall–Kier alpha value is -0.500. The van der Waals surface area contributed by atoms with Crippen LogP contribution in [-0.2, 0) is 5.11 Å². The molecule has 1 radical (unpaired) electrons.